The number of aryl methyl sites for hydroxylation is 1. The van der Waals surface area contributed by atoms with Crippen LogP contribution in [0, 0.1) is 5.92 Å². The molecule has 0 aliphatic carbocycles. The molecule has 0 bridgehead atoms. The molecule has 1 aliphatic heterocycles. The molecule has 2 aromatic rings. The van der Waals surface area contributed by atoms with Gasteiger partial charge in [0.1, 0.15) is 0 Å². The van der Waals surface area contributed by atoms with Gasteiger partial charge in [0.05, 0.1) is 17.2 Å². The van der Waals surface area contributed by atoms with Crippen molar-refractivity contribution in [2.75, 3.05) is 26.7 Å². The number of fused-ring (bicyclic) bond motifs is 1. The number of hydrogen-bond donors (Lipinski definition) is 1. The van der Waals surface area contributed by atoms with Crippen molar-refractivity contribution < 1.29 is 4.79 Å². The molecule has 1 amide bonds. The standard InChI is InChI=1S/C18H24N4O2.ClH/c1-19-12-14-6-9-21(10-7-14)17(23)8-11-22-13-20-16-5-3-2-4-15(16)18(22)24;/h2-5,13-14,19H,6-12H2,1H3;1H. The third-order valence-electron chi connectivity index (χ3n) is 4.76. The zero-order valence-corrected chi connectivity index (χ0v) is 15.3. The maximum Gasteiger partial charge on any atom is 0.261 e. The van der Waals surface area contributed by atoms with Crippen LogP contribution in [0.2, 0.25) is 0 Å². The Kier molecular flexibility index (Phi) is 6.96. The fraction of sp³-hybridized carbons (Fsp3) is 0.500. The number of aromatic nitrogens is 2. The Labute approximate surface area is 153 Å². The van der Waals surface area contributed by atoms with E-state index in [1.54, 1.807) is 6.07 Å². The second-order valence-corrected chi connectivity index (χ2v) is 6.39. The van der Waals surface area contributed by atoms with Gasteiger partial charge in [-0.05, 0) is 44.5 Å². The van der Waals surface area contributed by atoms with Crippen LogP contribution in [0.5, 0.6) is 0 Å². The third-order valence-corrected chi connectivity index (χ3v) is 4.76. The lowest BCUT2D eigenvalue weighted by atomic mass is 9.96. The molecule has 1 aliphatic rings. The minimum atomic E-state index is -0.0823. The summed E-state index contributed by atoms with van der Waals surface area (Å²) in [6.45, 7) is 3.03. The molecule has 6 nitrogen and oxygen atoms in total. The van der Waals surface area contributed by atoms with Crippen molar-refractivity contribution in [3.8, 4) is 0 Å². The highest BCUT2D eigenvalue weighted by atomic mass is 35.5. The number of amides is 1. The van der Waals surface area contributed by atoms with Crippen LogP contribution in [-0.2, 0) is 11.3 Å². The molecular formula is C18H25ClN4O2. The van der Waals surface area contributed by atoms with Crippen LogP contribution in [0.15, 0.2) is 35.4 Å². The van der Waals surface area contributed by atoms with Crippen LogP contribution < -0.4 is 10.9 Å². The number of halogens is 1. The monoisotopic (exact) mass is 364 g/mol. The number of para-hydroxylation sites is 1. The van der Waals surface area contributed by atoms with Gasteiger partial charge in [0.2, 0.25) is 5.91 Å². The van der Waals surface area contributed by atoms with Gasteiger partial charge in [0.25, 0.3) is 5.56 Å². The summed E-state index contributed by atoms with van der Waals surface area (Å²) in [4.78, 5) is 31.0. The normalized spacial score (nSPS) is 15.2. The number of rotatable bonds is 5. The van der Waals surface area contributed by atoms with Gasteiger partial charge < -0.3 is 10.2 Å². The molecule has 2 heterocycles. The first-order chi connectivity index (χ1) is 11.7. The Hall–Kier alpha value is -1.92. The minimum absolute atomic E-state index is 0. The molecule has 1 N–H and O–H groups in total. The minimum Gasteiger partial charge on any atom is -0.343 e. The van der Waals surface area contributed by atoms with Gasteiger partial charge in [-0.25, -0.2) is 4.98 Å². The average Bonchev–Trinajstić information content (AvgIpc) is 2.62. The van der Waals surface area contributed by atoms with Crippen LogP contribution in [0.4, 0.5) is 0 Å². The van der Waals surface area contributed by atoms with E-state index in [1.807, 2.05) is 30.1 Å². The zero-order valence-electron chi connectivity index (χ0n) is 14.5. The molecule has 1 fully saturated rings. The van der Waals surface area contributed by atoms with Crippen molar-refractivity contribution in [1.29, 1.82) is 0 Å². The van der Waals surface area contributed by atoms with E-state index in [2.05, 4.69) is 10.3 Å². The molecule has 0 unspecified atom stereocenters. The highest BCUT2D eigenvalue weighted by Gasteiger charge is 2.22. The Morgan fingerprint density at radius 1 is 1.28 bits per heavy atom. The van der Waals surface area contributed by atoms with Gasteiger partial charge >= 0.3 is 0 Å². The van der Waals surface area contributed by atoms with Crippen LogP contribution in [0.3, 0.4) is 0 Å². The Balaban J connectivity index is 0.00000225. The Bertz CT molecular complexity index is 769. The maximum absolute atomic E-state index is 12.4. The van der Waals surface area contributed by atoms with E-state index in [0.717, 1.165) is 32.5 Å². The van der Waals surface area contributed by atoms with E-state index in [0.29, 0.717) is 29.8 Å². The molecule has 3 rings (SSSR count). The fourth-order valence-corrected chi connectivity index (χ4v) is 3.31. The lowest BCUT2D eigenvalue weighted by molar-refractivity contribution is -0.132. The van der Waals surface area contributed by atoms with E-state index in [-0.39, 0.29) is 23.9 Å². The number of likely N-dealkylation sites (tertiary alicyclic amines) is 1. The Morgan fingerprint density at radius 3 is 2.72 bits per heavy atom. The lowest BCUT2D eigenvalue weighted by Crippen LogP contribution is -2.41. The van der Waals surface area contributed by atoms with Crippen molar-refractivity contribution in [2.24, 2.45) is 5.92 Å². The van der Waals surface area contributed by atoms with Gasteiger partial charge in [0, 0.05) is 26.1 Å². The predicted molar refractivity (Wildman–Crippen MR) is 101 cm³/mol. The van der Waals surface area contributed by atoms with E-state index in [9.17, 15) is 9.59 Å². The molecule has 0 radical (unpaired) electrons. The Morgan fingerprint density at radius 2 is 2.00 bits per heavy atom. The van der Waals surface area contributed by atoms with Gasteiger partial charge in [-0.2, -0.15) is 0 Å². The third kappa shape index (κ3) is 4.58. The second kappa shape index (κ2) is 8.97. The van der Waals surface area contributed by atoms with Crippen molar-refractivity contribution >= 4 is 29.2 Å². The highest BCUT2D eigenvalue weighted by Crippen LogP contribution is 2.17. The first kappa shape index (κ1) is 19.4. The van der Waals surface area contributed by atoms with Crippen LogP contribution in [0.1, 0.15) is 19.3 Å². The first-order valence-electron chi connectivity index (χ1n) is 8.55. The highest BCUT2D eigenvalue weighted by molar-refractivity contribution is 5.85. The van der Waals surface area contributed by atoms with Gasteiger partial charge in [-0.1, -0.05) is 12.1 Å². The quantitative estimate of drug-likeness (QED) is 0.876. The maximum atomic E-state index is 12.4. The second-order valence-electron chi connectivity index (χ2n) is 6.39. The summed E-state index contributed by atoms with van der Waals surface area (Å²) >= 11 is 0. The fourth-order valence-electron chi connectivity index (χ4n) is 3.31. The number of piperidine rings is 1. The van der Waals surface area contributed by atoms with Crippen molar-refractivity contribution in [3.05, 3.63) is 40.9 Å². The number of hydrogen-bond acceptors (Lipinski definition) is 4. The van der Waals surface area contributed by atoms with E-state index in [1.165, 1.54) is 10.9 Å². The largest absolute Gasteiger partial charge is 0.343 e. The molecular weight excluding hydrogens is 340 g/mol. The predicted octanol–water partition coefficient (Wildman–Crippen LogP) is 1.67. The molecule has 1 saturated heterocycles. The first-order valence-corrected chi connectivity index (χ1v) is 8.55. The number of benzene rings is 1. The van der Waals surface area contributed by atoms with E-state index >= 15 is 0 Å². The molecule has 1 aromatic heterocycles. The summed E-state index contributed by atoms with van der Waals surface area (Å²) in [7, 11) is 1.97. The molecule has 136 valence electrons. The van der Waals surface area contributed by atoms with Crippen LogP contribution in [0.25, 0.3) is 10.9 Å². The topological polar surface area (TPSA) is 67.2 Å². The molecule has 1 aromatic carbocycles. The van der Waals surface area contributed by atoms with Crippen molar-refractivity contribution in [3.63, 3.8) is 0 Å². The summed E-state index contributed by atoms with van der Waals surface area (Å²) in [5.41, 5.74) is 0.609. The average molecular weight is 365 g/mol. The number of nitrogens with one attached hydrogen (secondary N) is 1. The molecule has 7 heteroatoms. The summed E-state index contributed by atoms with van der Waals surface area (Å²) < 4.78 is 1.54. The van der Waals surface area contributed by atoms with Crippen LogP contribution in [-0.4, -0.2) is 47.0 Å². The summed E-state index contributed by atoms with van der Waals surface area (Å²) in [5, 5.41) is 3.80. The molecule has 0 atom stereocenters. The molecule has 0 saturated carbocycles. The molecule has 0 spiro atoms. The number of nitrogens with zero attached hydrogens (tertiary/aromatic N) is 3. The van der Waals surface area contributed by atoms with Crippen molar-refractivity contribution in [1.82, 2.24) is 19.8 Å². The molecule has 25 heavy (non-hydrogen) atoms. The summed E-state index contributed by atoms with van der Waals surface area (Å²) in [6, 6.07) is 7.29. The van der Waals surface area contributed by atoms with Gasteiger partial charge in [0.15, 0.2) is 0 Å². The van der Waals surface area contributed by atoms with E-state index < -0.39 is 0 Å². The SMILES string of the molecule is CNCC1CCN(C(=O)CCn2cnc3ccccc3c2=O)CC1.Cl. The zero-order chi connectivity index (χ0) is 16.9. The smallest absolute Gasteiger partial charge is 0.261 e. The number of carbonyl (C=O) groups is 1. The lowest BCUT2D eigenvalue weighted by Gasteiger charge is -2.32. The van der Waals surface area contributed by atoms with Crippen molar-refractivity contribution in [2.45, 2.75) is 25.8 Å². The number of carbonyl (C=O) groups excluding carboxylic acids is 1. The summed E-state index contributed by atoms with van der Waals surface area (Å²) in [6.07, 6.45) is 3.97. The summed E-state index contributed by atoms with van der Waals surface area (Å²) in [5.74, 6) is 0.782. The van der Waals surface area contributed by atoms with Crippen LogP contribution >= 0.6 is 12.4 Å². The van der Waals surface area contributed by atoms with Gasteiger partial charge in [-0.15, -0.1) is 12.4 Å². The van der Waals surface area contributed by atoms with E-state index in [4.69, 9.17) is 0 Å². The van der Waals surface area contributed by atoms with Gasteiger partial charge in [-0.3, -0.25) is 14.2 Å².